The second-order valence-electron chi connectivity index (χ2n) is 6.00. The molecular formula is C20H15ClF2N2O3S. The van der Waals surface area contributed by atoms with E-state index >= 15 is 0 Å². The van der Waals surface area contributed by atoms with Crippen molar-refractivity contribution in [3.05, 3.63) is 89.0 Å². The van der Waals surface area contributed by atoms with Gasteiger partial charge in [0.2, 0.25) is 0 Å². The Balaban J connectivity index is 1.97. The molecule has 0 unspecified atom stereocenters. The van der Waals surface area contributed by atoms with Crippen LogP contribution in [0.3, 0.4) is 0 Å². The summed E-state index contributed by atoms with van der Waals surface area (Å²) < 4.78 is 54.5. The van der Waals surface area contributed by atoms with Gasteiger partial charge in [-0.3, -0.25) is 9.10 Å². The molecule has 0 atom stereocenters. The lowest BCUT2D eigenvalue weighted by atomic mass is 10.2. The predicted octanol–water partition coefficient (Wildman–Crippen LogP) is 4.70. The van der Waals surface area contributed by atoms with Crippen LogP contribution < -0.4 is 9.62 Å². The summed E-state index contributed by atoms with van der Waals surface area (Å²) in [6.45, 7) is 0. The fourth-order valence-electron chi connectivity index (χ4n) is 2.57. The summed E-state index contributed by atoms with van der Waals surface area (Å²) in [4.78, 5) is 12.3. The van der Waals surface area contributed by atoms with Crippen LogP contribution >= 0.6 is 11.6 Å². The van der Waals surface area contributed by atoms with Gasteiger partial charge in [0.25, 0.3) is 15.9 Å². The summed E-state index contributed by atoms with van der Waals surface area (Å²) in [5, 5.41) is 2.02. The molecule has 3 rings (SSSR count). The van der Waals surface area contributed by atoms with Gasteiger partial charge in [0.15, 0.2) is 0 Å². The Morgan fingerprint density at radius 1 is 0.966 bits per heavy atom. The maximum atomic E-state index is 13.8. The number of nitrogens with one attached hydrogen (secondary N) is 1. The van der Waals surface area contributed by atoms with Crippen molar-refractivity contribution >= 4 is 38.9 Å². The van der Waals surface area contributed by atoms with Gasteiger partial charge in [-0.2, -0.15) is 0 Å². The van der Waals surface area contributed by atoms with E-state index in [4.69, 9.17) is 11.6 Å². The molecule has 3 aromatic rings. The minimum atomic E-state index is -4.01. The highest BCUT2D eigenvalue weighted by molar-refractivity contribution is 7.92. The Morgan fingerprint density at radius 2 is 1.59 bits per heavy atom. The Labute approximate surface area is 171 Å². The molecule has 0 aliphatic rings. The highest BCUT2D eigenvalue weighted by Gasteiger charge is 2.24. The van der Waals surface area contributed by atoms with Crippen LogP contribution in [-0.2, 0) is 10.0 Å². The van der Waals surface area contributed by atoms with Gasteiger partial charge in [-0.15, -0.1) is 0 Å². The van der Waals surface area contributed by atoms with Crippen molar-refractivity contribution < 1.29 is 22.0 Å². The molecule has 1 N–H and O–H groups in total. The Bertz CT molecular complexity index is 1150. The summed E-state index contributed by atoms with van der Waals surface area (Å²) in [7, 11) is -2.64. The van der Waals surface area contributed by atoms with Crippen molar-refractivity contribution in [2.24, 2.45) is 0 Å². The molecule has 3 aromatic carbocycles. The summed E-state index contributed by atoms with van der Waals surface area (Å²) >= 11 is 6.03. The summed E-state index contributed by atoms with van der Waals surface area (Å²) in [5.41, 5.74) is -0.470. The van der Waals surface area contributed by atoms with E-state index < -0.39 is 33.3 Å². The highest BCUT2D eigenvalue weighted by atomic mass is 35.5. The Morgan fingerprint density at radius 3 is 2.21 bits per heavy atom. The quantitative estimate of drug-likeness (QED) is 0.630. The van der Waals surface area contributed by atoms with E-state index in [1.54, 1.807) is 30.3 Å². The molecule has 0 bridgehead atoms. The van der Waals surface area contributed by atoms with Crippen LogP contribution in [0, 0.1) is 11.6 Å². The number of amides is 1. The first-order valence-electron chi connectivity index (χ1n) is 8.30. The van der Waals surface area contributed by atoms with Crippen molar-refractivity contribution in [3.63, 3.8) is 0 Å². The number of carbonyl (C=O) groups excluding carboxylic acids is 1. The molecule has 0 aliphatic carbocycles. The van der Waals surface area contributed by atoms with Crippen LogP contribution in [0.1, 0.15) is 10.4 Å². The molecule has 0 heterocycles. The third-order valence-electron chi connectivity index (χ3n) is 4.16. The van der Waals surface area contributed by atoms with E-state index in [0.29, 0.717) is 5.69 Å². The number of nitrogens with zero attached hydrogens (tertiary/aromatic N) is 1. The molecule has 5 nitrogen and oxygen atoms in total. The fourth-order valence-corrected chi connectivity index (χ4v) is 4.00. The molecule has 29 heavy (non-hydrogen) atoms. The number of para-hydroxylation sites is 2. The summed E-state index contributed by atoms with van der Waals surface area (Å²) in [5.74, 6) is -2.89. The van der Waals surface area contributed by atoms with Gasteiger partial charge in [0.05, 0.1) is 21.2 Å². The first-order valence-corrected chi connectivity index (χ1v) is 10.1. The molecule has 150 valence electrons. The number of hydrogen-bond acceptors (Lipinski definition) is 3. The van der Waals surface area contributed by atoms with Gasteiger partial charge >= 0.3 is 0 Å². The van der Waals surface area contributed by atoms with Crippen LogP contribution in [0.15, 0.2) is 71.6 Å². The standard InChI is InChI=1S/C20H15ClF2N2O3S/c1-25(13-6-3-2-4-7-13)29(27,28)14-10-11-16(21)15(12-14)20(26)24-19-17(22)8-5-9-18(19)23/h2-12H,1H3,(H,24,26). The molecular weight excluding hydrogens is 422 g/mol. The van der Waals surface area contributed by atoms with Gasteiger partial charge < -0.3 is 5.32 Å². The normalized spacial score (nSPS) is 11.2. The first-order chi connectivity index (χ1) is 13.7. The minimum absolute atomic E-state index is 0.0689. The SMILES string of the molecule is CN(c1ccccc1)S(=O)(=O)c1ccc(Cl)c(C(=O)Nc2c(F)cccc2F)c1. The smallest absolute Gasteiger partial charge is 0.264 e. The van der Waals surface area contributed by atoms with Crippen molar-refractivity contribution in [3.8, 4) is 0 Å². The van der Waals surface area contributed by atoms with Crippen LogP contribution in [0.5, 0.6) is 0 Å². The number of anilines is 2. The fraction of sp³-hybridized carbons (Fsp3) is 0.0500. The minimum Gasteiger partial charge on any atom is -0.317 e. The zero-order chi connectivity index (χ0) is 21.2. The Kier molecular flexibility index (Phi) is 5.86. The maximum Gasteiger partial charge on any atom is 0.264 e. The van der Waals surface area contributed by atoms with E-state index in [9.17, 15) is 22.0 Å². The van der Waals surface area contributed by atoms with E-state index in [1.165, 1.54) is 19.2 Å². The lowest BCUT2D eigenvalue weighted by Gasteiger charge is -2.20. The molecule has 0 fully saturated rings. The van der Waals surface area contributed by atoms with Crippen molar-refractivity contribution in [1.29, 1.82) is 0 Å². The number of benzene rings is 3. The topological polar surface area (TPSA) is 66.5 Å². The zero-order valence-corrected chi connectivity index (χ0v) is 16.6. The predicted molar refractivity (Wildman–Crippen MR) is 108 cm³/mol. The lowest BCUT2D eigenvalue weighted by molar-refractivity contribution is 0.102. The van der Waals surface area contributed by atoms with Gasteiger partial charge in [-0.25, -0.2) is 17.2 Å². The number of rotatable bonds is 5. The van der Waals surface area contributed by atoms with Crippen LogP contribution in [-0.4, -0.2) is 21.4 Å². The molecule has 0 saturated heterocycles. The van der Waals surface area contributed by atoms with Gasteiger partial charge in [-0.05, 0) is 42.5 Å². The van der Waals surface area contributed by atoms with Gasteiger partial charge in [0, 0.05) is 7.05 Å². The van der Waals surface area contributed by atoms with Crippen LogP contribution in [0.2, 0.25) is 5.02 Å². The first kappa shape index (κ1) is 20.8. The third kappa shape index (κ3) is 4.23. The monoisotopic (exact) mass is 436 g/mol. The van der Waals surface area contributed by atoms with Crippen LogP contribution in [0.25, 0.3) is 0 Å². The number of halogens is 3. The highest BCUT2D eigenvalue weighted by Crippen LogP contribution is 2.27. The second kappa shape index (κ2) is 8.18. The summed E-state index contributed by atoms with van der Waals surface area (Å²) in [6, 6.07) is 15.0. The molecule has 1 amide bonds. The van der Waals surface area contributed by atoms with Crippen molar-refractivity contribution in [2.45, 2.75) is 4.90 Å². The van der Waals surface area contributed by atoms with E-state index in [1.807, 2.05) is 0 Å². The van der Waals surface area contributed by atoms with Crippen molar-refractivity contribution in [1.82, 2.24) is 0 Å². The maximum absolute atomic E-state index is 13.8. The molecule has 9 heteroatoms. The molecule has 0 aliphatic heterocycles. The average molecular weight is 437 g/mol. The van der Waals surface area contributed by atoms with E-state index in [2.05, 4.69) is 5.32 Å². The largest absolute Gasteiger partial charge is 0.317 e. The molecule has 0 saturated carbocycles. The number of hydrogen-bond donors (Lipinski definition) is 1. The molecule has 0 aromatic heterocycles. The van der Waals surface area contributed by atoms with Crippen molar-refractivity contribution in [2.75, 3.05) is 16.7 Å². The lowest BCUT2D eigenvalue weighted by Crippen LogP contribution is -2.27. The van der Waals surface area contributed by atoms with Gasteiger partial charge in [-0.1, -0.05) is 35.9 Å². The van der Waals surface area contributed by atoms with Gasteiger partial charge in [0.1, 0.15) is 17.3 Å². The second-order valence-corrected chi connectivity index (χ2v) is 8.38. The average Bonchev–Trinajstić information content (AvgIpc) is 2.71. The Hall–Kier alpha value is -2.97. The number of sulfonamides is 1. The van der Waals surface area contributed by atoms with E-state index in [0.717, 1.165) is 28.6 Å². The van der Waals surface area contributed by atoms with E-state index in [-0.39, 0.29) is 15.5 Å². The zero-order valence-electron chi connectivity index (χ0n) is 15.1. The summed E-state index contributed by atoms with van der Waals surface area (Å²) in [6.07, 6.45) is 0. The number of carbonyl (C=O) groups is 1. The molecule has 0 radical (unpaired) electrons. The molecule has 0 spiro atoms. The third-order valence-corrected chi connectivity index (χ3v) is 6.27. The van der Waals surface area contributed by atoms with Crippen LogP contribution in [0.4, 0.5) is 20.2 Å².